The largest absolute Gasteiger partial charge is 0.379 e. The topological polar surface area (TPSA) is 55.2 Å². The van der Waals surface area contributed by atoms with E-state index in [4.69, 9.17) is 11.6 Å². The second-order valence-electron chi connectivity index (χ2n) is 4.22. The van der Waals surface area contributed by atoms with Crippen molar-refractivity contribution in [3.05, 3.63) is 69.0 Å². The van der Waals surface area contributed by atoms with E-state index in [-0.39, 0.29) is 11.5 Å². The molecule has 104 valence electrons. The first-order chi connectivity index (χ1) is 9.56. The van der Waals surface area contributed by atoms with E-state index < -0.39 is 4.92 Å². The minimum absolute atomic E-state index is 0.0587. The molecule has 0 aliphatic heterocycles. The van der Waals surface area contributed by atoms with Crippen LogP contribution in [0.1, 0.15) is 5.56 Å². The number of anilines is 1. The van der Waals surface area contributed by atoms with Crippen molar-refractivity contribution in [2.75, 3.05) is 11.9 Å². The average Bonchev–Trinajstić information content (AvgIpc) is 2.42. The predicted molar refractivity (Wildman–Crippen MR) is 76.7 cm³/mol. The minimum atomic E-state index is -0.480. The Morgan fingerprint density at radius 3 is 2.55 bits per heavy atom. The Kier molecular flexibility index (Phi) is 4.53. The third kappa shape index (κ3) is 3.68. The summed E-state index contributed by atoms with van der Waals surface area (Å²) >= 11 is 5.74. The van der Waals surface area contributed by atoms with Crippen LogP contribution in [0.4, 0.5) is 15.8 Å². The van der Waals surface area contributed by atoms with Gasteiger partial charge in [-0.15, -0.1) is 0 Å². The predicted octanol–water partition coefficient (Wildman–Crippen LogP) is 4.04. The van der Waals surface area contributed by atoms with Crippen LogP contribution in [0.2, 0.25) is 5.02 Å². The van der Waals surface area contributed by atoms with Gasteiger partial charge in [-0.25, -0.2) is 4.39 Å². The standard InChI is InChI=1S/C14H12ClFN2O2/c15-11-3-6-13(14(9-11)18(19)20)17-8-7-10-1-4-12(16)5-2-10/h1-6,9,17H,7-8H2. The first-order valence-electron chi connectivity index (χ1n) is 5.98. The molecule has 0 saturated carbocycles. The molecule has 0 aromatic heterocycles. The van der Waals surface area contributed by atoms with Gasteiger partial charge in [-0.05, 0) is 36.2 Å². The molecule has 0 fully saturated rings. The SMILES string of the molecule is O=[N+]([O-])c1cc(Cl)ccc1NCCc1ccc(F)cc1. The molecule has 2 aromatic rings. The molecule has 2 rings (SSSR count). The van der Waals surface area contributed by atoms with Crippen LogP contribution in [0.3, 0.4) is 0 Å². The van der Waals surface area contributed by atoms with E-state index >= 15 is 0 Å². The van der Waals surface area contributed by atoms with Gasteiger partial charge in [-0.3, -0.25) is 10.1 Å². The van der Waals surface area contributed by atoms with E-state index in [0.29, 0.717) is 23.7 Å². The Balaban J connectivity index is 2.00. The van der Waals surface area contributed by atoms with Crippen LogP contribution in [0.5, 0.6) is 0 Å². The molecule has 0 spiro atoms. The van der Waals surface area contributed by atoms with Gasteiger partial charge in [0.15, 0.2) is 0 Å². The number of nitrogens with one attached hydrogen (secondary N) is 1. The Bertz CT molecular complexity index is 617. The molecule has 0 amide bonds. The summed E-state index contributed by atoms with van der Waals surface area (Å²) in [4.78, 5) is 10.4. The molecule has 4 nitrogen and oxygen atoms in total. The third-order valence-corrected chi connectivity index (χ3v) is 3.03. The number of nitro benzene ring substituents is 1. The highest BCUT2D eigenvalue weighted by atomic mass is 35.5. The van der Waals surface area contributed by atoms with E-state index in [9.17, 15) is 14.5 Å². The van der Waals surface area contributed by atoms with Crippen molar-refractivity contribution in [1.82, 2.24) is 0 Å². The second-order valence-corrected chi connectivity index (χ2v) is 4.66. The molecule has 0 aliphatic carbocycles. The molecule has 0 bridgehead atoms. The molecule has 0 aliphatic rings. The summed E-state index contributed by atoms with van der Waals surface area (Å²) in [5, 5.41) is 14.2. The zero-order valence-corrected chi connectivity index (χ0v) is 11.2. The molecule has 0 atom stereocenters. The summed E-state index contributed by atoms with van der Waals surface area (Å²) in [5.41, 5.74) is 1.31. The van der Waals surface area contributed by atoms with Gasteiger partial charge in [0.05, 0.1) is 4.92 Å². The van der Waals surface area contributed by atoms with Crippen molar-refractivity contribution in [2.45, 2.75) is 6.42 Å². The molecular formula is C14H12ClFN2O2. The van der Waals surface area contributed by atoms with Crippen molar-refractivity contribution in [3.63, 3.8) is 0 Å². The van der Waals surface area contributed by atoms with Crippen molar-refractivity contribution in [2.24, 2.45) is 0 Å². The molecule has 1 N–H and O–H groups in total. The molecule has 20 heavy (non-hydrogen) atoms. The molecule has 2 aromatic carbocycles. The van der Waals surface area contributed by atoms with Crippen LogP contribution in [0.25, 0.3) is 0 Å². The van der Waals surface area contributed by atoms with Crippen LogP contribution >= 0.6 is 11.6 Å². The van der Waals surface area contributed by atoms with Gasteiger partial charge in [0.1, 0.15) is 11.5 Å². The van der Waals surface area contributed by atoms with Crippen LogP contribution in [0.15, 0.2) is 42.5 Å². The molecule has 6 heteroatoms. The molecule has 0 radical (unpaired) electrons. The van der Waals surface area contributed by atoms with Crippen LogP contribution < -0.4 is 5.32 Å². The normalized spacial score (nSPS) is 10.3. The van der Waals surface area contributed by atoms with Crippen molar-refractivity contribution in [1.29, 1.82) is 0 Å². The molecule has 0 heterocycles. The summed E-state index contributed by atoms with van der Waals surface area (Å²) in [6.07, 6.45) is 0.639. The Hall–Kier alpha value is -2.14. The van der Waals surface area contributed by atoms with Gasteiger partial charge in [0.2, 0.25) is 0 Å². The zero-order valence-electron chi connectivity index (χ0n) is 10.5. The maximum absolute atomic E-state index is 12.8. The maximum Gasteiger partial charge on any atom is 0.293 e. The Morgan fingerprint density at radius 2 is 1.90 bits per heavy atom. The van der Waals surface area contributed by atoms with Crippen LogP contribution in [-0.4, -0.2) is 11.5 Å². The molecule has 0 unspecified atom stereocenters. The number of rotatable bonds is 5. The number of hydrogen-bond donors (Lipinski definition) is 1. The number of halogens is 2. The smallest absolute Gasteiger partial charge is 0.293 e. The van der Waals surface area contributed by atoms with Crippen molar-refractivity contribution >= 4 is 23.0 Å². The monoisotopic (exact) mass is 294 g/mol. The van der Waals surface area contributed by atoms with Gasteiger partial charge in [0, 0.05) is 17.6 Å². The van der Waals surface area contributed by atoms with Crippen molar-refractivity contribution < 1.29 is 9.31 Å². The lowest BCUT2D eigenvalue weighted by molar-refractivity contribution is -0.383. The fourth-order valence-electron chi connectivity index (χ4n) is 1.80. The third-order valence-electron chi connectivity index (χ3n) is 2.80. The fraction of sp³-hybridized carbons (Fsp3) is 0.143. The van der Waals surface area contributed by atoms with Gasteiger partial charge < -0.3 is 5.32 Å². The quantitative estimate of drug-likeness (QED) is 0.669. The average molecular weight is 295 g/mol. The lowest BCUT2D eigenvalue weighted by Gasteiger charge is -2.07. The number of nitro groups is 1. The first kappa shape index (κ1) is 14.3. The first-order valence-corrected chi connectivity index (χ1v) is 6.36. The summed E-state index contributed by atoms with van der Waals surface area (Å²) in [5.74, 6) is -0.282. The zero-order chi connectivity index (χ0) is 14.5. The van der Waals surface area contributed by atoms with E-state index in [1.54, 1.807) is 24.3 Å². The number of benzene rings is 2. The molecule has 0 saturated heterocycles. The minimum Gasteiger partial charge on any atom is -0.379 e. The lowest BCUT2D eigenvalue weighted by atomic mass is 10.1. The summed E-state index contributed by atoms with van der Waals surface area (Å²) in [7, 11) is 0. The highest BCUT2D eigenvalue weighted by molar-refractivity contribution is 6.30. The van der Waals surface area contributed by atoms with E-state index in [1.165, 1.54) is 18.2 Å². The Morgan fingerprint density at radius 1 is 1.20 bits per heavy atom. The Labute approximate surface area is 120 Å². The van der Waals surface area contributed by atoms with E-state index in [0.717, 1.165) is 5.56 Å². The highest BCUT2D eigenvalue weighted by Crippen LogP contribution is 2.27. The number of nitrogens with zero attached hydrogens (tertiary/aromatic N) is 1. The molecular weight excluding hydrogens is 283 g/mol. The van der Waals surface area contributed by atoms with Gasteiger partial charge in [-0.2, -0.15) is 0 Å². The summed E-state index contributed by atoms with van der Waals surface area (Å²) < 4.78 is 12.8. The van der Waals surface area contributed by atoms with Crippen LogP contribution in [0, 0.1) is 15.9 Å². The summed E-state index contributed by atoms with van der Waals surface area (Å²) in [6, 6.07) is 10.6. The highest BCUT2D eigenvalue weighted by Gasteiger charge is 2.13. The maximum atomic E-state index is 12.8. The lowest BCUT2D eigenvalue weighted by Crippen LogP contribution is -2.06. The summed E-state index contributed by atoms with van der Waals surface area (Å²) in [6.45, 7) is 0.508. The van der Waals surface area contributed by atoms with Crippen LogP contribution in [-0.2, 0) is 6.42 Å². The second kappa shape index (κ2) is 6.34. The van der Waals surface area contributed by atoms with E-state index in [2.05, 4.69) is 5.32 Å². The van der Waals surface area contributed by atoms with Crippen molar-refractivity contribution in [3.8, 4) is 0 Å². The fourth-order valence-corrected chi connectivity index (χ4v) is 1.96. The van der Waals surface area contributed by atoms with E-state index in [1.807, 2.05) is 0 Å². The van der Waals surface area contributed by atoms with Gasteiger partial charge in [-0.1, -0.05) is 23.7 Å². The number of hydrogen-bond acceptors (Lipinski definition) is 3. The van der Waals surface area contributed by atoms with Gasteiger partial charge in [0.25, 0.3) is 5.69 Å². The van der Waals surface area contributed by atoms with Gasteiger partial charge >= 0.3 is 0 Å².